The first-order valence-electron chi connectivity index (χ1n) is 11.6. The minimum absolute atomic E-state index is 0.0647. The van der Waals surface area contributed by atoms with Gasteiger partial charge in [0.25, 0.3) is 0 Å². The molecule has 1 aromatic carbocycles. The third kappa shape index (κ3) is 7.60. The van der Waals surface area contributed by atoms with Crippen LogP contribution < -0.4 is 15.4 Å². The number of allylic oxidation sites excluding steroid dienone is 1. The van der Waals surface area contributed by atoms with Crippen LogP contribution in [0.25, 0.3) is 0 Å². The maximum atomic E-state index is 13.5. The second-order valence-electron chi connectivity index (χ2n) is 9.84. The van der Waals surface area contributed by atoms with Crippen LogP contribution >= 0.6 is 15.9 Å². The number of hydrogen-bond donors (Lipinski definition) is 3. The topological polar surface area (TPSA) is 126 Å². The number of phenolic OH excluding ortho intramolecular Hbond substituents is 1. The SMILES string of the molecule is COCCNC(=O)CN1C(=O)NC(c2cc(Br)c(O)c(OC)c2)C(C(=O)OC(C)CC(C)(C)C)=C1C. The van der Waals surface area contributed by atoms with Gasteiger partial charge in [-0.1, -0.05) is 20.8 Å². The van der Waals surface area contributed by atoms with Gasteiger partial charge in [-0.25, -0.2) is 9.59 Å². The third-order valence-electron chi connectivity index (χ3n) is 5.56. The van der Waals surface area contributed by atoms with Crippen LogP contribution in [0.4, 0.5) is 4.79 Å². The van der Waals surface area contributed by atoms with E-state index in [1.807, 2.05) is 6.92 Å². The fourth-order valence-electron chi connectivity index (χ4n) is 4.04. The van der Waals surface area contributed by atoms with E-state index in [0.29, 0.717) is 28.8 Å². The second kappa shape index (κ2) is 12.4. The Morgan fingerprint density at radius 2 is 1.94 bits per heavy atom. The van der Waals surface area contributed by atoms with E-state index in [0.717, 1.165) is 0 Å². The molecule has 0 aromatic heterocycles. The molecule has 1 aromatic rings. The minimum Gasteiger partial charge on any atom is -0.503 e. The van der Waals surface area contributed by atoms with Crippen LogP contribution in [0.1, 0.15) is 52.6 Å². The quantitative estimate of drug-likeness (QED) is 0.290. The molecule has 1 aliphatic heterocycles. The molecule has 2 rings (SSSR count). The monoisotopic (exact) mass is 569 g/mol. The van der Waals surface area contributed by atoms with Gasteiger partial charge in [0, 0.05) is 19.4 Å². The first-order chi connectivity index (χ1) is 16.8. The number of halogens is 1. The molecule has 10 nitrogen and oxygen atoms in total. The lowest BCUT2D eigenvalue weighted by molar-refractivity contribution is -0.145. The number of nitrogens with zero attached hydrogens (tertiary/aromatic N) is 1. The van der Waals surface area contributed by atoms with Crippen LogP contribution in [-0.4, -0.2) is 67.9 Å². The number of phenols is 1. The summed E-state index contributed by atoms with van der Waals surface area (Å²) in [6, 6.07) is 1.68. The van der Waals surface area contributed by atoms with Crippen LogP contribution in [0.2, 0.25) is 0 Å². The summed E-state index contributed by atoms with van der Waals surface area (Å²) in [6.07, 6.45) is 0.245. The molecule has 0 aliphatic carbocycles. The van der Waals surface area contributed by atoms with Crippen molar-refractivity contribution in [3.63, 3.8) is 0 Å². The Bertz CT molecular complexity index is 1020. The van der Waals surface area contributed by atoms with E-state index in [1.165, 1.54) is 25.2 Å². The number of aromatic hydroxyl groups is 1. The molecule has 0 radical (unpaired) electrons. The number of carbonyl (C=O) groups is 3. The van der Waals surface area contributed by atoms with E-state index in [9.17, 15) is 19.5 Å². The molecular weight excluding hydrogens is 534 g/mol. The molecule has 0 saturated carbocycles. The lowest BCUT2D eigenvalue weighted by Crippen LogP contribution is -2.51. The fourth-order valence-corrected chi connectivity index (χ4v) is 4.50. The van der Waals surface area contributed by atoms with Crippen LogP contribution in [0.5, 0.6) is 11.5 Å². The number of benzene rings is 1. The maximum Gasteiger partial charge on any atom is 0.338 e. The first kappa shape index (κ1) is 29.4. The third-order valence-corrected chi connectivity index (χ3v) is 6.16. The van der Waals surface area contributed by atoms with Crippen molar-refractivity contribution >= 4 is 33.8 Å². The Kier molecular flexibility index (Phi) is 10.2. The van der Waals surface area contributed by atoms with Crippen molar-refractivity contribution in [1.82, 2.24) is 15.5 Å². The molecule has 1 heterocycles. The van der Waals surface area contributed by atoms with E-state index in [2.05, 4.69) is 47.3 Å². The summed E-state index contributed by atoms with van der Waals surface area (Å²) in [5, 5.41) is 15.7. The van der Waals surface area contributed by atoms with Crippen molar-refractivity contribution in [3.05, 3.63) is 33.4 Å². The Hall–Kier alpha value is -2.79. The van der Waals surface area contributed by atoms with Gasteiger partial charge in [0.15, 0.2) is 11.5 Å². The standard InChI is InChI=1S/C25H36BrN3O7/c1-14(12-25(3,4)5)36-23(32)20-15(2)29(13-19(30)27-8-9-34-6)24(33)28-21(20)16-10-17(26)22(31)18(11-16)35-7/h10-11,14,21,31H,8-9,12-13H2,1-7H3,(H,27,30)(H,28,33). The summed E-state index contributed by atoms with van der Waals surface area (Å²) >= 11 is 3.29. The fraction of sp³-hybridized carbons (Fsp3) is 0.560. The average molecular weight is 570 g/mol. The van der Waals surface area contributed by atoms with E-state index >= 15 is 0 Å². The van der Waals surface area contributed by atoms with Gasteiger partial charge >= 0.3 is 12.0 Å². The Labute approximate surface area is 220 Å². The van der Waals surface area contributed by atoms with Gasteiger partial charge in [-0.3, -0.25) is 9.69 Å². The largest absolute Gasteiger partial charge is 0.503 e. The molecule has 2 unspecified atom stereocenters. The van der Waals surface area contributed by atoms with Crippen molar-refractivity contribution in [3.8, 4) is 11.5 Å². The molecule has 1 aliphatic rings. The first-order valence-corrected chi connectivity index (χ1v) is 12.4. The predicted octanol–water partition coefficient (Wildman–Crippen LogP) is 3.63. The number of esters is 1. The second-order valence-corrected chi connectivity index (χ2v) is 10.7. The minimum atomic E-state index is -0.898. The predicted molar refractivity (Wildman–Crippen MR) is 138 cm³/mol. The van der Waals surface area contributed by atoms with Crippen LogP contribution in [-0.2, 0) is 19.1 Å². The highest BCUT2D eigenvalue weighted by Crippen LogP contribution is 2.40. The summed E-state index contributed by atoms with van der Waals surface area (Å²) in [6.45, 7) is 9.90. The van der Waals surface area contributed by atoms with Crippen LogP contribution in [0, 0.1) is 5.41 Å². The van der Waals surface area contributed by atoms with Crippen molar-refractivity contribution in [2.75, 3.05) is 33.9 Å². The van der Waals surface area contributed by atoms with Crippen molar-refractivity contribution in [2.45, 2.75) is 53.2 Å². The number of carbonyl (C=O) groups excluding carboxylic acids is 3. The van der Waals surface area contributed by atoms with Gasteiger partial charge in [-0.15, -0.1) is 0 Å². The van der Waals surface area contributed by atoms with Gasteiger partial charge in [0.05, 0.1) is 35.9 Å². The highest BCUT2D eigenvalue weighted by molar-refractivity contribution is 9.10. The van der Waals surface area contributed by atoms with Crippen LogP contribution in [0.15, 0.2) is 27.9 Å². The molecule has 36 heavy (non-hydrogen) atoms. The molecular formula is C25H36BrN3O7. The van der Waals surface area contributed by atoms with Crippen molar-refractivity contribution < 1.29 is 33.7 Å². The molecule has 3 amide bonds. The molecule has 3 N–H and O–H groups in total. The van der Waals surface area contributed by atoms with Gasteiger partial charge < -0.3 is 30.0 Å². The number of nitrogens with one attached hydrogen (secondary N) is 2. The molecule has 2 atom stereocenters. The zero-order valence-corrected chi connectivity index (χ0v) is 23.4. The Balaban J connectivity index is 2.49. The zero-order valence-electron chi connectivity index (χ0n) is 21.9. The van der Waals surface area contributed by atoms with Crippen molar-refractivity contribution in [1.29, 1.82) is 0 Å². The number of amides is 3. The van der Waals surface area contributed by atoms with Gasteiger partial charge in [0.2, 0.25) is 5.91 Å². The smallest absolute Gasteiger partial charge is 0.338 e. The summed E-state index contributed by atoms with van der Waals surface area (Å²) in [5.41, 5.74) is 0.899. The lowest BCUT2D eigenvalue weighted by atomic mass is 9.89. The lowest BCUT2D eigenvalue weighted by Gasteiger charge is -2.35. The number of ether oxygens (including phenoxy) is 3. The normalized spacial score (nSPS) is 16.9. The summed E-state index contributed by atoms with van der Waals surface area (Å²) in [5.74, 6) is -0.952. The molecule has 200 valence electrons. The van der Waals surface area contributed by atoms with Gasteiger partial charge in [0.1, 0.15) is 6.54 Å². The van der Waals surface area contributed by atoms with Gasteiger partial charge in [-0.05, 0) is 59.3 Å². The Morgan fingerprint density at radius 1 is 1.28 bits per heavy atom. The highest BCUT2D eigenvalue weighted by Gasteiger charge is 2.38. The zero-order chi connectivity index (χ0) is 27.2. The average Bonchev–Trinajstić information content (AvgIpc) is 2.76. The number of rotatable bonds is 10. The number of methoxy groups -OCH3 is 2. The molecule has 0 fully saturated rings. The molecule has 0 bridgehead atoms. The highest BCUT2D eigenvalue weighted by atomic mass is 79.9. The summed E-state index contributed by atoms with van der Waals surface area (Å²) in [7, 11) is 2.92. The van der Waals surface area contributed by atoms with Crippen molar-refractivity contribution in [2.24, 2.45) is 5.41 Å². The summed E-state index contributed by atoms with van der Waals surface area (Å²) < 4.78 is 16.3. The number of hydrogen-bond acceptors (Lipinski definition) is 7. The summed E-state index contributed by atoms with van der Waals surface area (Å²) in [4.78, 5) is 40.2. The van der Waals surface area contributed by atoms with Gasteiger partial charge in [-0.2, -0.15) is 0 Å². The molecule has 11 heteroatoms. The van der Waals surface area contributed by atoms with Crippen LogP contribution in [0.3, 0.4) is 0 Å². The molecule has 0 saturated heterocycles. The molecule has 0 spiro atoms. The van der Waals surface area contributed by atoms with E-state index in [-0.39, 0.29) is 41.7 Å². The Morgan fingerprint density at radius 3 is 2.53 bits per heavy atom. The van der Waals surface area contributed by atoms with E-state index in [4.69, 9.17) is 14.2 Å². The van der Waals surface area contributed by atoms with E-state index in [1.54, 1.807) is 13.0 Å². The maximum absolute atomic E-state index is 13.5. The van der Waals surface area contributed by atoms with E-state index < -0.39 is 23.9 Å². The number of urea groups is 1.